The monoisotopic (exact) mass is 238 g/mol. The molecule has 18 heavy (non-hydrogen) atoms. The van der Waals surface area contributed by atoms with Crippen molar-refractivity contribution in [1.82, 2.24) is 5.32 Å². The Morgan fingerprint density at radius 2 is 1.72 bits per heavy atom. The largest absolute Gasteiger partial charge is 0.369 e. The third-order valence-electron chi connectivity index (χ3n) is 2.93. The highest BCUT2D eigenvalue weighted by molar-refractivity contribution is 5.64. The molecule has 0 amide bonds. The highest BCUT2D eigenvalue weighted by Gasteiger charge is 2.09. The Morgan fingerprint density at radius 1 is 1.11 bits per heavy atom. The number of rotatable bonds is 2. The van der Waals surface area contributed by atoms with Crippen LogP contribution in [0.4, 0.5) is 5.69 Å². The molecule has 1 aliphatic heterocycles. The van der Waals surface area contributed by atoms with Gasteiger partial charge in [-0.2, -0.15) is 10.5 Å². The van der Waals surface area contributed by atoms with Gasteiger partial charge in [0.05, 0.1) is 0 Å². The fourth-order valence-corrected chi connectivity index (χ4v) is 1.96. The highest BCUT2D eigenvalue weighted by atomic mass is 15.2. The minimum absolute atomic E-state index is 0.130. The summed E-state index contributed by atoms with van der Waals surface area (Å²) in [5.74, 6) is 0. The van der Waals surface area contributed by atoms with Crippen molar-refractivity contribution in [1.29, 1.82) is 10.5 Å². The predicted molar refractivity (Wildman–Crippen MR) is 70.7 cm³/mol. The molecule has 0 aliphatic carbocycles. The fourth-order valence-electron chi connectivity index (χ4n) is 1.96. The molecule has 1 N–H and O–H groups in total. The van der Waals surface area contributed by atoms with Crippen LogP contribution in [0.25, 0.3) is 6.08 Å². The highest BCUT2D eigenvalue weighted by Crippen LogP contribution is 2.17. The van der Waals surface area contributed by atoms with Gasteiger partial charge < -0.3 is 10.2 Å². The molecule has 0 unspecified atom stereocenters. The van der Waals surface area contributed by atoms with Crippen molar-refractivity contribution < 1.29 is 0 Å². The molecule has 0 atom stereocenters. The van der Waals surface area contributed by atoms with Crippen molar-refractivity contribution in [3.8, 4) is 12.1 Å². The molecule has 0 aromatic heterocycles. The molecule has 2 rings (SSSR count). The second-order valence-corrected chi connectivity index (χ2v) is 4.11. The van der Waals surface area contributed by atoms with Crippen LogP contribution >= 0.6 is 0 Å². The first-order valence-corrected chi connectivity index (χ1v) is 5.91. The van der Waals surface area contributed by atoms with Crippen LogP contribution in [0, 0.1) is 22.7 Å². The normalized spacial score (nSPS) is 14.4. The number of allylic oxidation sites excluding steroid dienone is 1. The van der Waals surface area contributed by atoms with E-state index in [0.29, 0.717) is 0 Å². The second-order valence-electron chi connectivity index (χ2n) is 4.11. The maximum atomic E-state index is 8.69. The van der Waals surface area contributed by atoms with Crippen molar-refractivity contribution in [3.63, 3.8) is 0 Å². The van der Waals surface area contributed by atoms with Crippen LogP contribution in [-0.2, 0) is 0 Å². The van der Waals surface area contributed by atoms with Gasteiger partial charge in [0.1, 0.15) is 17.7 Å². The van der Waals surface area contributed by atoms with Gasteiger partial charge in [0.15, 0.2) is 0 Å². The zero-order valence-corrected chi connectivity index (χ0v) is 10.1. The van der Waals surface area contributed by atoms with E-state index in [1.807, 2.05) is 36.4 Å². The summed E-state index contributed by atoms with van der Waals surface area (Å²) in [4.78, 5) is 2.32. The molecule has 1 heterocycles. The standard InChI is InChI=1S/C14H14N4/c15-10-13(11-16)9-12-1-3-14(4-2-12)18-7-5-17-6-8-18/h1-4,9,17H,5-8H2. The number of hydrogen-bond acceptors (Lipinski definition) is 4. The average Bonchev–Trinajstić information content (AvgIpc) is 2.46. The van der Waals surface area contributed by atoms with Crippen LogP contribution in [0.5, 0.6) is 0 Å². The van der Waals surface area contributed by atoms with Crippen LogP contribution in [0.15, 0.2) is 29.8 Å². The van der Waals surface area contributed by atoms with Crippen molar-refractivity contribution in [2.75, 3.05) is 31.1 Å². The van der Waals surface area contributed by atoms with Gasteiger partial charge in [-0.1, -0.05) is 12.1 Å². The summed E-state index contributed by atoms with van der Waals surface area (Å²) in [6, 6.07) is 11.7. The van der Waals surface area contributed by atoms with Crippen LogP contribution in [0.1, 0.15) is 5.56 Å². The lowest BCUT2D eigenvalue weighted by Crippen LogP contribution is -2.43. The first-order valence-electron chi connectivity index (χ1n) is 5.91. The maximum Gasteiger partial charge on any atom is 0.130 e. The van der Waals surface area contributed by atoms with Crippen LogP contribution in [0.2, 0.25) is 0 Å². The van der Waals surface area contributed by atoms with E-state index in [9.17, 15) is 0 Å². The second kappa shape index (κ2) is 5.86. The number of hydrogen-bond donors (Lipinski definition) is 1. The Bertz CT molecular complexity index is 494. The van der Waals surface area contributed by atoms with Gasteiger partial charge in [-0.15, -0.1) is 0 Å². The van der Waals surface area contributed by atoms with E-state index in [-0.39, 0.29) is 5.57 Å². The van der Waals surface area contributed by atoms with Gasteiger partial charge in [0.25, 0.3) is 0 Å². The van der Waals surface area contributed by atoms with Crippen LogP contribution in [0.3, 0.4) is 0 Å². The van der Waals surface area contributed by atoms with E-state index < -0.39 is 0 Å². The Morgan fingerprint density at radius 3 is 2.28 bits per heavy atom. The molecule has 0 spiro atoms. The average molecular weight is 238 g/mol. The molecule has 4 nitrogen and oxygen atoms in total. The lowest BCUT2D eigenvalue weighted by Gasteiger charge is -2.29. The summed E-state index contributed by atoms with van der Waals surface area (Å²) >= 11 is 0. The van der Waals surface area contributed by atoms with Crippen LogP contribution < -0.4 is 10.2 Å². The van der Waals surface area contributed by atoms with E-state index in [1.54, 1.807) is 6.08 Å². The minimum atomic E-state index is 0.130. The number of nitrogens with zero attached hydrogens (tertiary/aromatic N) is 3. The first-order chi connectivity index (χ1) is 8.83. The smallest absolute Gasteiger partial charge is 0.130 e. The minimum Gasteiger partial charge on any atom is -0.369 e. The summed E-state index contributed by atoms with van der Waals surface area (Å²) in [6.07, 6.45) is 1.60. The van der Waals surface area contributed by atoms with Gasteiger partial charge in [0, 0.05) is 31.9 Å². The molecular formula is C14H14N4. The summed E-state index contributed by atoms with van der Waals surface area (Å²) in [5.41, 5.74) is 2.20. The van der Waals surface area contributed by atoms with Gasteiger partial charge in [0.2, 0.25) is 0 Å². The molecule has 4 heteroatoms. The van der Waals surface area contributed by atoms with Crippen molar-refractivity contribution in [2.24, 2.45) is 0 Å². The van der Waals surface area contributed by atoms with Crippen molar-refractivity contribution in [2.45, 2.75) is 0 Å². The molecule has 1 fully saturated rings. The molecule has 0 saturated carbocycles. The zero-order valence-electron chi connectivity index (χ0n) is 10.1. The Labute approximate surface area is 107 Å². The third-order valence-corrected chi connectivity index (χ3v) is 2.93. The summed E-state index contributed by atoms with van der Waals surface area (Å²) < 4.78 is 0. The number of anilines is 1. The summed E-state index contributed by atoms with van der Waals surface area (Å²) in [7, 11) is 0. The number of benzene rings is 1. The topological polar surface area (TPSA) is 62.9 Å². The van der Waals surface area contributed by atoms with Crippen molar-refractivity contribution >= 4 is 11.8 Å². The number of nitrogens with one attached hydrogen (secondary N) is 1. The first kappa shape index (κ1) is 12.2. The predicted octanol–water partition coefficient (Wildman–Crippen LogP) is 1.53. The summed E-state index contributed by atoms with van der Waals surface area (Å²) in [6.45, 7) is 4.04. The molecule has 1 saturated heterocycles. The molecule has 1 aromatic rings. The van der Waals surface area contributed by atoms with Gasteiger partial charge in [-0.3, -0.25) is 0 Å². The molecule has 1 aromatic carbocycles. The lowest BCUT2D eigenvalue weighted by atomic mass is 10.1. The van der Waals surface area contributed by atoms with Crippen molar-refractivity contribution in [3.05, 3.63) is 35.4 Å². The van der Waals surface area contributed by atoms with Gasteiger partial charge >= 0.3 is 0 Å². The Kier molecular flexibility index (Phi) is 3.96. The molecular weight excluding hydrogens is 224 g/mol. The maximum absolute atomic E-state index is 8.69. The van der Waals surface area contributed by atoms with E-state index in [2.05, 4.69) is 10.2 Å². The van der Waals surface area contributed by atoms with E-state index in [0.717, 1.165) is 31.7 Å². The Balaban J connectivity index is 2.13. The van der Waals surface area contributed by atoms with Gasteiger partial charge in [-0.05, 0) is 23.8 Å². The quantitative estimate of drug-likeness (QED) is 0.794. The molecule has 0 bridgehead atoms. The van der Waals surface area contributed by atoms with E-state index in [1.165, 1.54) is 5.69 Å². The molecule has 90 valence electrons. The third kappa shape index (κ3) is 2.88. The molecule has 0 radical (unpaired) electrons. The van der Waals surface area contributed by atoms with E-state index in [4.69, 9.17) is 10.5 Å². The Hall–Kier alpha value is -2.30. The summed E-state index contributed by atoms with van der Waals surface area (Å²) in [5, 5.41) is 20.7. The van der Waals surface area contributed by atoms with E-state index >= 15 is 0 Å². The van der Waals surface area contributed by atoms with Gasteiger partial charge in [-0.25, -0.2) is 0 Å². The zero-order chi connectivity index (χ0) is 12.8. The van der Waals surface area contributed by atoms with Crippen LogP contribution in [-0.4, -0.2) is 26.2 Å². The lowest BCUT2D eigenvalue weighted by molar-refractivity contribution is 0.589. The SMILES string of the molecule is N#CC(C#N)=Cc1ccc(N2CCNCC2)cc1. The molecule has 1 aliphatic rings. The number of nitriles is 2. The fraction of sp³-hybridized carbons (Fsp3) is 0.286. The number of piperazine rings is 1.